The van der Waals surface area contributed by atoms with Gasteiger partial charge >= 0.3 is 0 Å². The standard InChI is InChI=1S/C11H17N3O3S2/c1-6(2)19(16,17)7(3)9(15)12-11-14-13-10(18-11)8-4-5-8/h6-8H,4-5H2,1-3H3,(H,12,14,15)/t7-/m1/s1. The number of hydrogen-bond acceptors (Lipinski definition) is 6. The minimum atomic E-state index is -3.45. The minimum Gasteiger partial charge on any atom is -0.299 e. The third-order valence-electron chi connectivity index (χ3n) is 3.12. The van der Waals surface area contributed by atoms with Gasteiger partial charge in [0.05, 0.1) is 5.25 Å². The lowest BCUT2D eigenvalue weighted by Gasteiger charge is -2.14. The summed E-state index contributed by atoms with van der Waals surface area (Å²) in [5.74, 6) is -0.0767. The van der Waals surface area contributed by atoms with E-state index in [0.717, 1.165) is 17.8 Å². The molecule has 6 nitrogen and oxygen atoms in total. The van der Waals surface area contributed by atoms with Gasteiger partial charge in [-0.15, -0.1) is 10.2 Å². The zero-order valence-corrected chi connectivity index (χ0v) is 12.7. The van der Waals surface area contributed by atoms with Crippen molar-refractivity contribution in [3.8, 4) is 0 Å². The molecule has 19 heavy (non-hydrogen) atoms. The van der Waals surface area contributed by atoms with E-state index in [1.165, 1.54) is 18.3 Å². The van der Waals surface area contributed by atoms with Crippen LogP contribution in [0.2, 0.25) is 0 Å². The number of amides is 1. The van der Waals surface area contributed by atoms with E-state index >= 15 is 0 Å². The van der Waals surface area contributed by atoms with Crippen LogP contribution >= 0.6 is 11.3 Å². The molecule has 0 unspecified atom stereocenters. The van der Waals surface area contributed by atoms with E-state index in [0.29, 0.717) is 11.0 Å². The van der Waals surface area contributed by atoms with Crippen LogP contribution in [-0.4, -0.2) is 35.0 Å². The van der Waals surface area contributed by atoms with E-state index in [4.69, 9.17) is 0 Å². The van der Waals surface area contributed by atoms with Gasteiger partial charge in [0.25, 0.3) is 0 Å². The highest BCUT2D eigenvalue weighted by molar-refractivity contribution is 7.93. The molecule has 0 spiro atoms. The van der Waals surface area contributed by atoms with Gasteiger partial charge in [0.2, 0.25) is 11.0 Å². The van der Waals surface area contributed by atoms with E-state index in [2.05, 4.69) is 15.5 Å². The van der Waals surface area contributed by atoms with E-state index in [1.54, 1.807) is 13.8 Å². The summed E-state index contributed by atoms with van der Waals surface area (Å²) >= 11 is 1.32. The van der Waals surface area contributed by atoms with E-state index in [-0.39, 0.29) is 0 Å². The largest absolute Gasteiger partial charge is 0.299 e. The van der Waals surface area contributed by atoms with Crippen LogP contribution in [0.25, 0.3) is 0 Å². The van der Waals surface area contributed by atoms with E-state index in [1.807, 2.05) is 0 Å². The Morgan fingerprint density at radius 3 is 2.47 bits per heavy atom. The van der Waals surface area contributed by atoms with Crippen molar-refractivity contribution in [2.75, 3.05) is 5.32 Å². The van der Waals surface area contributed by atoms with Gasteiger partial charge in [-0.1, -0.05) is 11.3 Å². The lowest BCUT2D eigenvalue weighted by atomic mass is 10.4. The Hall–Kier alpha value is -1.02. The Kier molecular flexibility index (Phi) is 3.91. The molecule has 1 N–H and O–H groups in total. The molecule has 1 aromatic heterocycles. The summed E-state index contributed by atoms with van der Waals surface area (Å²) in [6.45, 7) is 4.53. The first-order valence-corrected chi connectivity index (χ1v) is 8.62. The summed E-state index contributed by atoms with van der Waals surface area (Å²) < 4.78 is 23.8. The SMILES string of the molecule is CC(C)S(=O)(=O)[C@H](C)C(=O)Nc1nnc(C2CC2)s1. The molecule has 0 radical (unpaired) electrons. The summed E-state index contributed by atoms with van der Waals surface area (Å²) in [5, 5.41) is 10.0. The van der Waals surface area contributed by atoms with Crippen LogP contribution in [0.4, 0.5) is 5.13 Å². The topological polar surface area (TPSA) is 89.0 Å². The molecule has 0 saturated heterocycles. The first kappa shape index (κ1) is 14.4. The van der Waals surface area contributed by atoms with Crippen LogP contribution in [0, 0.1) is 0 Å². The number of rotatable bonds is 5. The molecule has 0 bridgehead atoms. The lowest BCUT2D eigenvalue weighted by molar-refractivity contribution is -0.115. The summed E-state index contributed by atoms with van der Waals surface area (Å²) in [4.78, 5) is 11.9. The molecule has 0 aromatic carbocycles. The summed E-state index contributed by atoms with van der Waals surface area (Å²) in [7, 11) is -3.45. The van der Waals surface area contributed by atoms with Crippen LogP contribution in [0.3, 0.4) is 0 Å². The molecule has 1 aromatic rings. The van der Waals surface area contributed by atoms with Gasteiger partial charge in [-0.3, -0.25) is 10.1 Å². The normalized spacial score (nSPS) is 17.5. The number of aromatic nitrogens is 2. The fourth-order valence-corrected chi connectivity index (χ4v) is 3.63. The van der Waals surface area contributed by atoms with Crippen molar-refractivity contribution < 1.29 is 13.2 Å². The summed E-state index contributed by atoms with van der Waals surface area (Å²) in [5.41, 5.74) is 0. The summed E-state index contributed by atoms with van der Waals surface area (Å²) in [6, 6.07) is 0. The lowest BCUT2D eigenvalue weighted by Crippen LogP contribution is -2.36. The predicted octanol–water partition coefficient (Wildman–Crippen LogP) is 1.57. The number of carbonyl (C=O) groups is 1. The van der Waals surface area contributed by atoms with Crippen LogP contribution in [0.1, 0.15) is 44.5 Å². The van der Waals surface area contributed by atoms with Gasteiger partial charge < -0.3 is 0 Å². The Bertz CT molecular complexity index is 576. The third-order valence-corrected chi connectivity index (χ3v) is 6.63. The maximum atomic E-state index is 11.9. The third kappa shape index (κ3) is 3.11. The number of nitrogens with zero attached hydrogens (tertiary/aromatic N) is 2. The van der Waals surface area contributed by atoms with E-state index < -0.39 is 26.2 Å². The highest BCUT2D eigenvalue weighted by Crippen LogP contribution is 2.42. The molecule has 0 aliphatic heterocycles. The molecule has 1 amide bonds. The van der Waals surface area contributed by atoms with Crippen LogP contribution < -0.4 is 5.32 Å². The number of sulfone groups is 1. The fraction of sp³-hybridized carbons (Fsp3) is 0.727. The van der Waals surface area contributed by atoms with Crippen molar-refractivity contribution in [3.63, 3.8) is 0 Å². The molecule has 1 atom stereocenters. The fourth-order valence-electron chi connectivity index (χ4n) is 1.54. The van der Waals surface area contributed by atoms with Crippen LogP contribution in [-0.2, 0) is 14.6 Å². The van der Waals surface area contributed by atoms with Crippen molar-refractivity contribution in [3.05, 3.63) is 5.01 Å². The van der Waals surface area contributed by atoms with Crippen molar-refractivity contribution in [2.24, 2.45) is 0 Å². The molecule has 106 valence electrons. The molecular weight excluding hydrogens is 286 g/mol. The van der Waals surface area contributed by atoms with Gasteiger partial charge in [-0.2, -0.15) is 0 Å². The highest BCUT2D eigenvalue weighted by Gasteiger charge is 2.32. The van der Waals surface area contributed by atoms with Gasteiger partial charge in [-0.05, 0) is 33.6 Å². The monoisotopic (exact) mass is 303 g/mol. The van der Waals surface area contributed by atoms with Crippen molar-refractivity contribution >= 4 is 32.2 Å². The summed E-state index contributed by atoms with van der Waals surface area (Å²) in [6.07, 6.45) is 2.22. The van der Waals surface area contributed by atoms with Gasteiger partial charge in [-0.25, -0.2) is 8.42 Å². The second-order valence-electron chi connectivity index (χ2n) is 4.99. The second kappa shape index (κ2) is 5.16. The molecule has 1 saturated carbocycles. The maximum absolute atomic E-state index is 11.9. The average Bonchev–Trinajstić information content (AvgIpc) is 3.09. The molecule has 1 fully saturated rings. The predicted molar refractivity (Wildman–Crippen MR) is 74.0 cm³/mol. The first-order chi connectivity index (χ1) is 8.82. The second-order valence-corrected chi connectivity index (χ2v) is 8.83. The Labute approximate surface area is 116 Å². The van der Waals surface area contributed by atoms with E-state index in [9.17, 15) is 13.2 Å². The van der Waals surface area contributed by atoms with Crippen LogP contribution in [0.5, 0.6) is 0 Å². The van der Waals surface area contributed by atoms with Gasteiger partial charge in [0.15, 0.2) is 9.84 Å². The Balaban J connectivity index is 2.03. The van der Waals surface area contributed by atoms with Crippen molar-refractivity contribution in [2.45, 2.75) is 50.0 Å². The maximum Gasteiger partial charge on any atom is 0.244 e. The zero-order valence-electron chi connectivity index (χ0n) is 11.1. The van der Waals surface area contributed by atoms with Gasteiger partial charge in [0, 0.05) is 5.92 Å². The molecular formula is C11H17N3O3S2. The molecule has 1 heterocycles. The molecule has 8 heteroatoms. The molecule has 2 rings (SSSR count). The first-order valence-electron chi connectivity index (χ1n) is 6.19. The molecule has 1 aliphatic carbocycles. The number of carbonyl (C=O) groups excluding carboxylic acids is 1. The quantitative estimate of drug-likeness (QED) is 0.891. The average molecular weight is 303 g/mol. The zero-order chi connectivity index (χ0) is 14.2. The highest BCUT2D eigenvalue weighted by atomic mass is 32.2. The van der Waals surface area contributed by atoms with Gasteiger partial charge in [0.1, 0.15) is 10.3 Å². The van der Waals surface area contributed by atoms with Crippen LogP contribution in [0.15, 0.2) is 0 Å². The smallest absolute Gasteiger partial charge is 0.244 e. The Morgan fingerprint density at radius 1 is 1.32 bits per heavy atom. The number of hydrogen-bond donors (Lipinski definition) is 1. The number of nitrogens with one attached hydrogen (secondary N) is 1. The minimum absolute atomic E-state index is 0.373. The van der Waals surface area contributed by atoms with Crippen molar-refractivity contribution in [1.82, 2.24) is 10.2 Å². The van der Waals surface area contributed by atoms with Crippen molar-refractivity contribution in [1.29, 1.82) is 0 Å². The number of anilines is 1. The Morgan fingerprint density at radius 2 is 1.95 bits per heavy atom. The molecule has 1 aliphatic rings.